The van der Waals surface area contributed by atoms with Gasteiger partial charge in [-0.05, 0) is 116 Å². The third kappa shape index (κ3) is 8.74. The molecule has 0 atom stereocenters. The first-order chi connectivity index (χ1) is 22.1. The average molecular weight is 615 g/mol. The van der Waals surface area contributed by atoms with Gasteiger partial charge in [-0.3, -0.25) is 9.68 Å². The molecule has 2 amide bonds. The van der Waals surface area contributed by atoms with Crippen LogP contribution in [0.2, 0.25) is 0 Å². The molecule has 2 aromatic carbocycles. The fourth-order valence-electron chi connectivity index (χ4n) is 6.60. The van der Waals surface area contributed by atoms with Crippen molar-refractivity contribution in [3.63, 3.8) is 0 Å². The van der Waals surface area contributed by atoms with E-state index >= 15 is 0 Å². The molecule has 0 aromatic heterocycles. The predicted molar refractivity (Wildman–Crippen MR) is 180 cm³/mol. The second-order valence-electron chi connectivity index (χ2n) is 12.7. The molecule has 0 saturated carbocycles. The smallest absolute Gasteiger partial charge is 0.306 e. The normalized spacial score (nSPS) is 16.8. The van der Waals surface area contributed by atoms with Crippen LogP contribution in [-0.4, -0.2) is 59.6 Å². The topological polar surface area (TPSA) is 83.8 Å². The Balaban J connectivity index is 1.33. The fourth-order valence-corrected chi connectivity index (χ4v) is 6.60. The number of rotatable bonds is 12. The third-order valence-corrected chi connectivity index (χ3v) is 9.28. The Hall–Kier alpha value is -3.68. The molecule has 2 heterocycles. The molecule has 0 spiro atoms. The van der Waals surface area contributed by atoms with Gasteiger partial charge in [0.1, 0.15) is 0 Å². The number of carbonyl (C=O) groups is 2. The molecule has 8 nitrogen and oxygen atoms in total. The highest BCUT2D eigenvalue weighted by Gasteiger charge is 2.23. The molecule has 3 aliphatic rings. The molecule has 2 aliphatic heterocycles. The summed E-state index contributed by atoms with van der Waals surface area (Å²) in [4.78, 5) is 39.9. The summed E-state index contributed by atoms with van der Waals surface area (Å²) < 4.78 is 0. The van der Waals surface area contributed by atoms with Crippen LogP contribution in [-0.2, 0) is 16.1 Å². The number of nitrogens with zero attached hydrogens (tertiary/aromatic N) is 4. The van der Waals surface area contributed by atoms with E-state index in [2.05, 4.69) is 60.6 Å². The lowest BCUT2D eigenvalue weighted by Gasteiger charge is -2.24. The van der Waals surface area contributed by atoms with Gasteiger partial charge in [-0.1, -0.05) is 74.1 Å². The summed E-state index contributed by atoms with van der Waals surface area (Å²) in [5.41, 5.74) is 8.60. The standard InChI is InChI=1S/C37H50N4O4/c1-3-5-9-15-34(38-44-36(42)40-21-11-7-12-22-40)28-17-19-32-30(25-28)27-31-26-29(18-20-33(31)32)35(16-10-6-4-2)39-45-37(43)41-23-13-8-14-24-41/h17-20,25-26H,3-16,21-24,27H2,1-2H3/b38-34+,39-35+. The zero-order chi connectivity index (χ0) is 31.4. The van der Waals surface area contributed by atoms with Crippen LogP contribution in [0.4, 0.5) is 9.59 Å². The molecule has 242 valence electrons. The molecule has 0 radical (unpaired) electrons. The number of hydrogen-bond acceptors (Lipinski definition) is 6. The summed E-state index contributed by atoms with van der Waals surface area (Å²) in [5, 5.41) is 8.84. The van der Waals surface area contributed by atoms with Gasteiger partial charge in [0.05, 0.1) is 11.4 Å². The molecule has 1 aliphatic carbocycles. The maximum Gasteiger partial charge on any atom is 0.435 e. The number of likely N-dealkylation sites (tertiary alicyclic amines) is 2. The van der Waals surface area contributed by atoms with E-state index < -0.39 is 0 Å². The molecule has 0 unspecified atom stereocenters. The highest BCUT2D eigenvalue weighted by molar-refractivity contribution is 6.03. The summed E-state index contributed by atoms with van der Waals surface area (Å²) in [6, 6.07) is 13.0. The SMILES string of the molecule is CCCCC/C(=N\OC(=O)N1CCCCC1)c1ccc2c(c1)Cc1cc(/C(CCCCC)=N/OC(=O)N3CCCCC3)ccc1-2. The second-order valence-corrected chi connectivity index (χ2v) is 12.7. The monoisotopic (exact) mass is 614 g/mol. The lowest BCUT2D eigenvalue weighted by Crippen LogP contribution is -2.35. The van der Waals surface area contributed by atoms with Gasteiger partial charge in [0.25, 0.3) is 0 Å². The molecular weight excluding hydrogens is 564 g/mol. The Labute approximate surface area is 268 Å². The molecule has 0 N–H and O–H groups in total. The van der Waals surface area contributed by atoms with E-state index in [1.807, 2.05) is 0 Å². The number of carbonyl (C=O) groups excluding carboxylic acids is 2. The maximum absolute atomic E-state index is 12.7. The van der Waals surface area contributed by atoms with E-state index in [0.717, 1.165) is 145 Å². The summed E-state index contributed by atoms with van der Waals surface area (Å²) in [6.07, 6.45) is 14.5. The minimum absolute atomic E-state index is 0.346. The lowest BCUT2D eigenvalue weighted by molar-refractivity contribution is 0.0973. The van der Waals surface area contributed by atoms with Crippen LogP contribution >= 0.6 is 0 Å². The number of hydrogen-bond donors (Lipinski definition) is 0. The zero-order valence-corrected chi connectivity index (χ0v) is 27.3. The number of benzene rings is 2. The summed E-state index contributed by atoms with van der Waals surface area (Å²) in [7, 11) is 0. The van der Waals surface area contributed by atoms with Crippen molar-refractivity contribution in [1.82, 2.24) is 9.80 Å². The van der Waals surface area contributed by atoms with Crippen molar-refractivity contribution < 1.29 is 19.3 Å². The molecule has 2 fully saturated rings. The van der Waals surface area contributed by atoms with Gasteiger partial charge in [0.2, 0.25) is 0 Å². The van der Waals surface area contributed by atoms with Crippen LogP contribution < -0.4 is 0 Å². The molecule has 45 heavy (non-hydrogen) atoms. The Kier molecular flexibility index (Phi) is 12.0. The maximum atomic E-state index is 12.7. The van der Waals surface area contributed by atoms with Gasteiger partial charge in [-0.25, -0.2) is 9.59 Å². The van der Waals surface area contributed by atoms with Gasteiger partial charge in [-0.2, -0.15) is 0 Å². The first kappa shape index (κ1) is 32.7. The van der Waals surface area contributed by atoms with E-state index in [9.17, 15) is 9.59 Å². The van der Waals surface area contributed by atoms with E-state index in [4.69, 9.17) is 9.68 Å². The molecule has 2 aromatic rings. The minimum Gasteiger partial charge on any atom is -0.306 e. The number of amides is 2. The van der Waals surface area contributed by atoms with Gasteiger partial charge in [0.15, 0.2) is 0 Å². The van der Waals surface area contributed by atoms with Gasteiger partial charge in [-0.15, -0.1) is 0 Å². The molecule has 5 rings (SSSR count). The number of piperidine rings is 2. The number of fused-ring (bicyclic) bond motifs is 3. The highest BCUT2D eigenvalue weighted by Crippen LogP contribution is 2.38. The minimum atomic E-state index is -0.346. The average Bonchev–Trinajstić information content (AvgIpc) is 3.45. The first-order valence-corrected chi connectivity index (χ1v) is 17.4. The summed E-state index contributed by atoms with van der Waals surface area (Å²) in [6.45, 7) is 7.34. The van der Waals surface area contributed by atoms with Crippen LogP contribution in [0.25, 0.3) is 11.1 Å². The third-order valence-electron chi connectivity index (χ3n) is 9.28. The van der Waals surface area contributed by atoms with Crippen molar-refractivity contribution in [2.45, 2.75) is 110 Å². The number of oxime groups is 2. The van der Waals surface area contributed by atoms with Crippen molar-refractivity contribution in [2.75, 3.05) is 26.2 Å². The van der Waals surface area contributed by atoms with E-state index in [1.54, 1.807) is 9.80 Å². The molecule has 8 heteroatoms. The summed E-state index contributed by atoms with van der Waals surface area (Å²) >= 11 is 0. The molecular formula is C37H50N4O4. The largest absolute Gasteiger partial charge is 0.435 e. The summed E-state index contributed by atoms with van der Waals surface area (Å²) in [5.74, 6) is 0. The molecule has 0 bridgehead atoms. The first-order valence-electron chi connectivity index (χ1n) is 17.4. The van der Waals surface area contributed by atoms with Crippen molar-refractivity contribution in [2.24, 2.45) is 10.3 Å². The molecule has 2 saturated heterocycles. The van der Waals surface area contributed by atoms with Gasteiger partial charge in [0, 0.05) is 26.2 Å². The second kappa shape index (κ2) is 16.6. The van der Waals surface area contributed by atoms with Crippen molar-refractivity contribution in [3.8, 4) is 11.1 Å². The number of unbranched alkanes of at least 4 members (excludes halogenated alkanes) is 4. The van der Waals surface area contributed by atoms with Crippen molar-refractivity contribution >= 4 is 23.6 Å². The van der Waals surface area contributed by atoms with E-state index in [-0.39, 0.29) is 12.2 Å². The van der Waals surface area contributed by atoms with Gasteiger partial charge < -0.3 is 9.80 Å². The zero-order valence-electron chi connectivity index (χ0n) is 27.3. The van der Waals surface area contributed by atoms with Crippen molar-refractivity contribution in [1.29, 1.82) is 0 Å². The van der Waals surface area contributed by atoms with Crippen LogP contribution in [0.15, 0.2) is 46.7 Å². The lowest BCUT2D eigenvalue weighted by atomic mass is 9.97. The van der Waals surface area contributed by atoms with Gasteiger partial charge >= 0.3 is 12.2 Å². The Morgan fingerprint density at radius 1 is 0.622 bits per heavy atom. The quantitative estimate of drug-likeness (QED) is 0.0882. The van der Waals surface area contributed by atoms with E-state index in [0.29, 0.717) is 0 Å². The Morgan fingerprint density at radius 3 is 1.44 bits per heavy atom. The Morgan fingerprint density at radius 2 is 1.04 bits per heavy atom. The van der Waals surface area contributed by atoms with E-state index in [1.165, 1.54) is 22.3 Å². The van der Waals surface area contributed by atoms with Crippen LogP contribution in [0.5, 0.6) is 0 Å². The highest BCUT2D eigenvalue weighted by atomic mass is 16.7. The predicted octanol–water partition coefficient (Wildman–Crippen LogP) is 9.07. The van der Waals surface area contributed by atoms with Crippen molar-refractivity contribution in [3.05, 3.63) is 58.7 Å². The van der Waals surface area contributed by atoms with Crippen LogP contribution in [0.1, 0.15) is 126 Å². The van der Waals surface area contributed by atoms with Crippen LogP contribution in [0.3, 0.4) is 0 Å². The fraction of sp³-hybridized carbons (Fsp3) is 0.568. The Bertz CT molecular complexity index is 1270. The van der Waals surface area contributed by atoms with Crippen LogP contribution in [0, 0.1) is 0 Å².